The standard InChI is InChI=1S/C23H31N3O6/c1-4-30-21(29)15-31-18-11-13-26(14-12-18)20(28)10-9-19(27)16-5-7-17(8-6-16)22-24-23(2,3)32-25-22/h5-8,18H,4,9-15H2,1-3H3,(H,24,25). The number of hydrogen-bond donors (Lipinski definition) is 1. The van der Waals surface area contributed by atoms with Crippen LogP contribution >= 0.6 is 0 Å². The molecule has 0 bridgehead atoms. The van der Waals surface area contributed by atoms with Crippen LogP contribution in [-0.2, 0) is 23.9 Å². The number of likely N-dealkylation sites (tertiary alicyclic amines) is 1. The molecule has 0 saturated carbocycles. The van der Waals surface area contributed by atoms with Crippen LogP contribution in [0.25, 0.3) is 0 Å². The van der Waals surface area contributed by atoms with Crippen LogP contribution in [-0.4, -0.2) is 66.5 Å². The summed E-state index contributed by atoms with van der Waals surface area (Å²) in [6.45, 7) is 6.83. The minimum Gasteiger partial charge on any atom is -0.464 e. The van der Waals surface area contributed by atoms with E-state index in [9.17, 15) is 14.4 Å². The lowest BCUT2D eigenvalue weighted by atomic mass is 10.0. The third-order valence-electron chi connectivity index (χ3n) is 5.36. The molecule has 0 spiro atoms. The smallest absolute Gasteiger partial charge is 0.332 e. The topological polar surface area (TPSA) is 107 Å². The highest BCUT2D eigenvalue weighted by molar-refractivity contribution is 6.01. The number of nitrogens with zero attached hydrogens (tertiary/aromatic N) is 2. The highest BCUT2D eigenvalue weighted by Crippen LogP contribution is 2.19. The Kier molecular flexibility index (Phi) is 7.98. The van der Waals surface area contributed by atoms with Crippen LogP contribution < -0.4 is 5.48 Å². The van der Waals surface area contributed by atoms with Gasteiger partial charge < -0.3 is 14.4 Å². The molecule has 2 heterocycles. The molecule has 2 aliphatic heterocycles. The number of nitrogens with one attached hydrogen (secondary N) is 1. The minimum atomic E-state index is -0.619. The number of carbonyl (C=O) groups is 3. The van der Waals surface area contributed by atoms with Crippen molar-refractivity contribution >= 4 is 23.5 Å². The van der Waals surface area contributed by atoms with Crippen molar-refractivity contribution in [1.82, 2.24) is 10.4 Å². The molecule has 1 fully saturated rings. The van der Waals surface area contributed by atoms with Crippen LogP contribution in [0.1, 0.15) is 62.4 Å². The van der Waals surface area contributed by atoms with Gasteiger partial charge in [0, 0.05) is 37.1 Å². The van der Waals surface area contributed by atoms with Crippen molar-refractivity contribution in [3.05, 3.63) is 35.4 Å². The Morgan fingerprint density at radius 3 is 2.44 bits per heavy atom. The lowest BCUT2D eigenvalue weighted by Crippen LogP contribution is -2.41. The average molecular weight is 446 g/mol. The number of piperidine rings is 1. The number of carbonyl (C=O) groups excluding carboxylic acids is 3. The molecule has 1 aromatic rings. The molecule has 0 atom stereocenters. The van der Waals surface area contributed by atoms with Gasteiger partial charge in [0.2, 0.25) is 5.91 Å². The maximum absolute atomic E-state index is 12.5. The van der Waals surface area contributed by atoms with Gasteiger partial charge >= 0.3 is 5.97 Å². The van der Waals surface area contributed by atoms with E-state index < -0.39 is 5.72 Å². The summed E-state index contributed by atoms with van der Waals surface area (Å²) >= 11 is 0. The minimum absolute atomic E-state index is 0.0392. The Hall–Kier alpha value is -2.78. The number of amides is 1. The Morgan fingerprint density at radius 2 is 1.84 bits per heavy atom. The largest absolute Gasteiger partial charge is 0.464 e. The third kappa shape index (κ3) is 6.61. The first kappa shape index (κ1) is 23.9. The summed E-state index contributed by atoms with van der Waals surface area (Å²) in [5.74, 6) is 0.138. The van der Waals surface area contributed by atoms with E-state index in [0.717, 1.165) is 5.56 Å². The first-order valence-electron chi connectivity index (χ1n) is 11.0. The van der Waals surface area contributed by atoms with Gasteiger partial charge in [0.25, 0.3) is 0 Å². The molecule has 9 nitrogen and oxygen atoms in total. The molecule has 1 aromatic carbocycles. The lowest BCUT2D eigenvalue weighted by Gasteiger charge is -2.31. The van der Waals surface area contributed by atoms with Gasteiger partial charge in [-0.25, -0.2) is 20.1 Å². The van der Waals surface area contributed by atoms with Gasteiger partial charge in [0.05, 0.1) is 12.7 Å². The number of benzene rings is 1. The fraction of sp³-hybridized carbons (Fsp3) is 0.565. The zero-order chi connectivity index (χ0) is 23.1. The molecule has 0 aliphatic carbocycles. The predicted octanol–water partition coefficient (Wildman–Crippen LogP) is 2.24. The van der Waals surface area contributed by atoms with E-state index >= 15 is 0 Å². The van der Waals surface area contributed by atoms with E-state index in [4.69, 9.17) is 14.3 Å². The van der Waals surface area contributed by atoms with E-state index in [0.29, 0.717) is 43.9 Å². The summed E-state index contributed by atoms with van der Waals surface area (Å²) in [6.07, 6.45) is 1.61. The van der Waals surface area contributed by atoms with Crippen molar-refractivity contribution < 1.29 is 28.7 Å². The monoisotopic (exact) mass is 445 g/mol. The number of rotatable bonds is 9. The molecule has 1 saturated heterocycles. The van der Waals surface area contributed by atoms with Gasteiger partial charge in [-0.1, -0.05) is 24.3 Å². The normalized spacial score (nSPS) is 18.1. The van der Waals surface area contributed by atoms with Crippen LogP contribution in [0.4, 0.5) is 0 Å². The van der Waals surface area contributed by atoms with Crippen LogP contribution in [0.5, 0.6) is 0 Å². The number of hydroxylamine groups is 1. The Balaban J connectivity index is 1.40. The van der Waals surface area contributed by atoms with Crippen LogP contribution in [0.15, 0.2) is 29.3 Å². The molecular weight excluding hydrogens is 414 g/mol. The van der Waals surface area contributed by atoms with Crippen molar-refractivity contribution in [3.63, 3.8) is 0 Å². The van der Waals surface area contributed by atoms with Crippen molar-refractivity contribution in [2.75, 3.05) is 26.3 Å². The number of hydrogen-bond acceptors (Lipinski definition) is 8. The second-order valence-corrected chi connectivity index (χ2v) is 8.31. The summed E-state index contributed by atoms with van der Waals surface area (Å²) in [5.41, 5.74) is 3.57. The molecule has 0 unspecified atom stereocenters. The van der Waals surface area contributed by atoms with Crippen LogP contribution in [0.3, 0.4) is 0 Å². The zero-order valence-electron chi connectivity index (χ0n) is 18.9. The Bertz CT molecular complexity index is 857. The van der Waals surface area contributed by atoms with Crippen molar-refractivity contribution in [2.24, 2.45) is 4.99 Å². The van der Waals surface area contributed by atoms with E-state index in [1.807, 2.05) is 26.0 Å². The predicted molar refractivity (Wildman–Crippen MR) is 117 cm³/mol. The number of ketones is 1. The summed E-state index contributed by atoms with van der Waals surface area (Å²) in [6, 6.07) is 7.10. The van der Waals surface area contributed by atoms with E-state index in [-0.39, 0.29) is 43.2 Å². The van der Waals surface area contributed by atoms with Gasteiger partial charge in [-0.05, 0) is 33.6 Å². The highest BCUT2D eigenvalue weighted by Gasteiger charge is 2.27. The van der Waals surface area contributed by atoms with Crippen molar-refractivity contribution in [3.8, 4) is 0 Å². The molecule has 174 valence electrons. The summed E-state index contributed by atoms with van der Waals surface area (Å²) in [4.78, 5) is 47.9. The summed E-state index contributed by atoms with van der Waals surface area (Å²) < 4.78 is 10.4. The van der Waals surface area contributed by atoms with E-state index in [2.05, 4.69) is 10.5 Å². The SMILES string of the molecule is CCOC(=O)COC1CCN(C(=O)CCC(=O)c2ccc(C3=NC(C)(C)ON3)cc2)CC1. The molecule has 1 N–H and O–H groups in total. The molecule has 1 amide bonds. The number of esters is 1. The molecular formula is C23H31N3O6. The lowest BCUT2D eigenvalue weighted by molar-refractivity contribution is -0.152. The average Bonchev–Trinajstić information content (AvgIpc) is 3.16. The fourth-order valence-corrected chi connectivity index (χ4v) is 3.61. The zero-order valence-corrected chi connectivity index (χ0v) is 18.9. The van der Waals surface area contributed by atoms with Gasteiger partial charge in [-0.3, -0.25) is 9.59 Å². The second-order valence-electron chi connectivity index (χ2n) is 8.31. The van der Waals surface area contributed by atoms with Crippen molar-refractivity contribution in [1.29, 1.82) is 0 Å². The van der Waals surface area contributed by atoms with Crippen LogP contribution in [0, 0.1) is 0 Å². The molecule has 0 radical (unpaired) electrons. The highest BCUT2D eigenvalue weighted by atomic mass is 16.7. The Morgan fingerprint density at radius 1 is 1.16 bits per heavy atom. The third-order valence-corrected chi connectivity index (χ3v) is 5.36. The molecule has 32 heavy (non-hydrogen) atoms. The first-order chi connectivity index (χ1) is 15.3. The molecule has 3 rings (SSSR count). The quantitative estimate of drug-likeness (QED) is 0.459. The molecule has 0 aromatic heterocycles. The van der Waals surface area contributed by atoms with Crippen molar-refractivity contribution in [2.45, 2.75) is 58.3 Å². The van der Waals surface area contributed by atoms with Gasteiger partial charge in [0.15, 0.2) is 17.3 Å². The number of aliphatic imine (C=N–C) groups is 1. The number of ether oxygens (including phenoxy) is 2. The van der Waals surface area contributed by atoms with Gasteiger partial charge in [-0.15, -0.1) is 0 Å². The fourth-order valence-electron chi connectivity index (χ4n) is 3.61. The number of Topliss-reactive ketones (excluding diaryl/α,β-unsaturated/α-hetero) is 1. The van der Waals surface area contributed by atoms with E-state index in [1.54, 1.807) is 24.0 Å². The van der Waals surface area contributed by atoms with Gasteiger partial charge in [0.1, 0.15) is 6.61 Å². The van der Waals surface area contributed by atoms with E-state index in [1.165, 1.54) is 0 Å². The maximum Gasteiger partial charge on any atom is 0.332 e. The molecule has 9 heteroatoms. The first-order valence-corrected chi connectivity index (χ1v) is 11.0. The summed E-state index contributed by atoms with van der Waals surface area (Å²) in [7, 11) is 0. The Labute approximate surface area is 188 Å². The van der Waals surface area contributed by atoms with Gasteiger partial charge in [-0.2, -0.15) is 0 Å². The molecule has 2 aliphatic rings. The maximum atomic E-state index is 12.5. The summed E-state index contributed by atoms with van der Waals surface area (Å²) in [5, 5.41) is 0. The van der Waals surface area contributed by atoms with Crippen LogP contribution in [0.2, 0.25) is 0 Å². The second kappa shape index (κ2) is 10.7. The number of amidine groups is 1.